The number of nitriles is 1. The van der Waals surface area contributed by atoms with Crippen molar-refractivity contribution in [3.8, 4) is 6.07 Å². The number of ether oxygens (including phenoxy) is 1. The number of hydrogen-bond donors (Lipinski definition) is 0. The van der Waals surface area contributed by atoms with Gasteiger partial charge in [-0.2, -0.15) is 5.26 Å². The molecule has 0 atom stereocenters. The maximum Gasteiger partial charge on any atom is 0.410 e. The first-order chi connectivity index (χ1) is 11.2. The van der Waals surface area contributed by atoms with Crippen LogP contribution in [0.3, 0.4) is 0 Å². The Kier molecular flexibility index (Phi) is 4.93. The molecule has 0 radical (unpaired) electrons. The van der Waals surface area contributed by atoms with E-state index >= 15 is 0 Å². The predicted molar refractivity (Wildman–Crippen MR) is 87.8 cm³/mol. The minimum absolute atomic E-state index is 0.0569. The van der Waals surface area contributed by atoms with Crippen molar-refractivity contribution in [1.82, 2.24) is 4.90 Å². The predicted octanol–water partition coefficient (Wildman–Crippen LogP) is 2.52. The third kappa shape index (κ3) is 4.13. The van der Waals surface area contributed by atoms with Gasteiger partial charge in [0.1, 0.15) is 11.7 Å². The summed E-state index contributed by atoms with van der Waals surface area (Å²) in [5.41, 5.74) is 0.294. The molecule has 0 spiro atoms. The molecule has 0 bridgehead atoms. The molecule has 1 heterocycles. The van der Waals surface area contributed by atoms with Gasteiger partial charge in [-0.25, -0.2) is 4.79 Å². The van der Waals surface area contributed by atoms with Gasteiger partial charge in [-0.05, 0) is 26.8 Å². The summed E-state index contributed by atoms with van der Waals surface area (Å²) in [5.74, 6) is 0. The molecule has 0 saturated carbocycles. The van der Waals surface area contributed by atoms with Gasteiger partial charge in [0, 0.05) is 38.3 Å². The van der Waals surface area contributed by atoms with Gasteiger partial charge in [0.25, 0.3) is 5.69 Å². The number of piperazine rings is 1. The van der Waals surface area contributed by atoms with E-state index in [0.717, 1.165) is 0 Å². The van der Waals surface area contributed by atoms with E-state index in [0.29, 0.717) is 37.4 Å². The Balaban J connectivity index is 2.10. The van der Waals surface area contributed by atoms with Crippen molar-refractivity contribution in [1.29, 1.82) is 5.26 Å². The smallest absolute Gasteiger partial charge is 0.410 e. The number of rotatable bonds is 2. The Morgan fingerprint density at radius 1 is 1.29 bits per heavy atom. The molecule has 128 valence electrons. The van der Waals surface area contributed by atoms with Crippen LogP contribution in [0.4, 0.5) is 16.2 Å². The monoisotopic (exact) mass is 332 g/mol. The molecule has 1 aliphatic rings. The van der Waals surface area contributed by atoms with Crippen molar-refractivity contribution in [3.05, 3.63) is 33.9 Å². The van der Waals surface area contributed by atoms with Crippen LogP contribution in [0.5, 0.6) is 0 Å². The first kappa shape index (κ1) is 17.5. The van der Waals surface area contributed by atoms with Crippen molar-refractivity contribution < 1.29 is 14.5 Å². The van der Waals surface area contributed by atoms with E-state index in [1.807, 2.05) is 25.7 Å². The molecule has 24 heavy (non-hydrogen) atoms. The Morgan fingerprint density at radius 2 is 1.92 bits per heavy atom. The van der Waals surface area contributed by atoms with Gasteiger partial charge in [0.05, 0.1) is 16.2 Å². The lowest BCUT2D eigenvalue weighted by Crippen LogP contribution is -2.50. The van der Waals surface area contributed by atoms with Gasteiger partial charge in [-0.3, -0.25) is 10.1 Å². The highest BCUT2D eigenvalue weighted by Gasteiger charge is 2.27. The lowest BCUT2D eigenvalue weighted by atomic mass is 10.1. The molecule has 2 rings (SSSR count). The fourth-order valence-corrected chi connectivity index (χ4v) is 2.45. The lowest BCUT2D eigenvalue weighted by Gasteiger charge is -2.36. The highest BCUT2D eigenvalue weighted by molar-refractivity contribution is 5.69. The van der Waals surface area contributed by atoms with Gasteiger partial charge in [-0.15, -0.1) is 0 Å². The second-order valence-corrected chi connectivity index (χ2v) is 6.52. The first-order valence-corrected chi connectivity index (χ1v) is 7.62. The summed E-state index contributed by atoms with van der Waals surface area (Å²) in [6.45, 7) is 7.26. The average molecular weight is 332 g/mol. The molecule has 0 N–H and O–H groups in total. The van der Waals surface area contributed by atoms with Gasteiger partial charge in [0.15, 0.2) is 0 Å². The summed E-state index contributed by atoms with van der Waals surface area (Å²) in [4.78, 5) is 26.0. The standard InChI is InChI=1S/C16H20N4O4/c1-16(2,3)24-15(21)19-8-6-18(7-9-19)14-10-13(20(22)23)5-4-12(14)11-17/h4-5,10H,6-9H2,1-3H3. The van der Waals surface area contributed by atoms with Crippen molar-refractivity contribution in [2.24, 2.45) is 0 Å². The zero-order valence-corrected chi connectivity index (χ0v) is 14.0. The number of carbonyl (C=O) groups excluding carboxylic acids is 1. The zero-order chi connectivity index (χ0) is 17.9. The normalized spacial score (nSPS) is 14.9. The summed E-state index contributed by atoms with van der Waals surface area (Å²) >= 11 is 0. The number of nitro benzene ring substituents is 1. The van der Waals surface area contributed by atoms with Gasteiger partial charge < -0.3 is 14.5 Å². The van der Waals surface area contributed by atoms with E-state index in [4.69, 9.17) is 4.74 Å². The van der Waals surface area contributed by atoms with Gasteiger partial charge >= 0.3 is 6.09 Å². The van der Waals surface area contributed by atoms with E-state index in [9.17, 15) is 20.2 Å². The molecule has 0 aromatic heterocycles. The van der Waals surface area contributed by atoms with Crippen molar-refractivity contribution in [2.75, 3.05) is 31.1 Å². The van der Waals surface area contributed by atoms with Gasteiger partial charge in [-0.1, -0.05) is 0 Å². The number of amides is 1. The fraction of sp³-hybridized carbons (Fsp3) is 0.500. The van der Waals surface area contributed by atoms with Crippen molar-refractivity contribution in [2.45, 2.75) is 26.4 Å². The molecule has 1 amide bonds. The van der Waals surface area contributed by atoms with E-state index in [1.54, 1.807) is 4.90 Å². The summed E-state index contributed by atoms with van der Waals surface area (Å²) in [6, 6.07) is 6.23. The van der Waals surface area contributed by atoms with Crippen LogP contribution in [-0.2, 0) is 4.74 Å². The summed E-state index contributed by atoms with van der Waals surface area (Å²) < 4.78 is 5.34. The van der Waals surface area contributed by atoms with Crippen molar-refractivity contribution >= 4 is 17.5 Å². The third-order valence-electron chi connectivity index (χ3n) is 3.58. The van der Waals surface area contributed by atoms with Crippen LogP contribution in [0, 0.1) is 21.4 Å². The van der Waals surface area contributed by atoms with Gasteiger partial charge in [0.2, 0.25) is 0 Å². The Labute approximate surface area is 140 Å². The Morgan fingerprint density at radius 3 is 2.42 bits per heavy atom. The van der Waals surface area contributed by atoms with Crippen LogP contribution in [0.1, 0.15) is 26.3 Å². The summed E-state index contributed by atoms with van der Waals surface area (Å²) in [5, 5.41) is 20.2. The topological polar surface area (TPSA) is 99.7 Å². The van der Waals surface area contributed by atoms with E-state index in [2.05, 4.69) is 6.07 Å². The molecular formula is C16H20N4O4. The van der Waals surface area contributed by atoms with Crippen molar-refractivity contribution in [3.63, 3.8) is 0 Å². The fourth-order valence-electron chi connectivity index (χ4n) is 2.45. The zero-order valence-electron chi connectivity index (χ0n) is 14.0. The third-order valence-corrected chi connectivity index (χ3v) is 3.58. The molecule has 1 saturated heterocycles. The SMILES string of the molecule is CC(C)(C)OC(=O)N1CCN(c2cc([N+](=O)[O-])ccc2C#N)CC1. The molecule has 1 fully saturated rings. The van der Waals surface area contributed by atoms with Crippen LogP contribution in [0.15, 0.2) is 18.2 Å². The minimum atomic E-state index is -0.553. The lowest BCUT2D eigenvalue weighted by molar-refractivity contribution is -0.384. The maximum absolute atomic E-state index is 12.1. The molecule has 1 aromatic carbocycles. The molecule has 1 aromatic rings. The second-order valence-electron chi connectivity index (χ2n) is 6.52. The molecular weight excluding hydrogens is 312 g/mol. The number of benzene rings is 1. The highest BCUT2D eigenvalue weighted by atomic mass is 16.6. The number of non-ortho nitro benzene ring substituents is 1. The first-order valence-electron chi connectivity index (χ1n) is 7.62. The highest BCUT2D eigenvalue weighted by Crippen LogP contribution is 2.27. The number of anilines is 1. The Hall–Kier alpha value is -2.82. The van der Waals surface area contributed by atoms with E-state index < -0.39 is 10.5 Å². The number of nitrogens with zero attached hydrogens (tertiary/aromatic N) is 4. The number of nitro groups is 1. The molecule has 1 aliphatic heterocycles. The minimum Gasteiger partial charge on any atom is -0.444 e. The number of carbonyl (C=O) groups is 1. The molecule has 8 nitrogen and oxygen atoms in total. The number of hydrogen-bond acceptors (Lipinski definition) is 6. The van der Waals surface area contributed by atoms with Crippen LogP contribution < -0.4 is 4.90 Å². The Bertz CT molecular complexity index is 682. The van der Waals surface area contributed by atoms with Crippen LogP contribution in [0.2, 0.25) is 0 Å². The van der Waals surface area contributed by atoms with Crippen LogP contribution in [-0.4, -0.2) is 47.7 Å². The maximum atomic E-state index is 12.1. The summed E-state index contributed by atoms with van der Waals surface area (Å²) in [7, 11) is 0. The molecule has 0 aliphatic carbocycles. The summed E-state index contributed by atoms with van der Waals surface area (Å²) in [6.07, 6.45) is -0.373. The molecule has 0 unspecified atom stereocenters. The largest absolute Gasteiger partial charge is 0.444 e. The molecule has 8 heteroatoms. The van der Waals surface area contributed by atoms with E-state index in [1.165, 1.54) is 18.2 Å². The quantitative estimate of drug-likeness (QED) is 0.609. The second kappa shape index (κ2) is 6.74. The van der Waals surface area contributed by atoms with Crippen LogP contribution >= 0.6 is 0 Å². The average Bonchev–Trinajstić information content (AvgIpc) is 2.52. The van der Waals surface area contributed by atoms with Crippen LogP contribution in [0.25, 0.3) is 0 Å². The van der Waals surface area contributed by atoms with E-state index in [-0.39, 0.29) is 11.8 Å².